The van der Waals surface area contributed by atoms with Crippen LogP contribution < -0.4 is 4.90 Å². The predicted molar refractivity (Wildman–Crippen MR) is 75.0 cm³/mol. The lowest BCUT2D eigenvalue weighted by Crippen LogP contribution is -2.43. The van der Waals surface area contributed by atoms with Crippen LogP contribution in [-0.4, -0.2) is 30.4 Å². The van der Waals surface area contributed by atoms with Crippen LogP contribution in [0.15, 0.2) is 18.2 Å². The molecule has 2 rings (SSSR count). The van der Waals surface area contributed by atoms with Crippen LogP contribution in [0.25, 0.3) is 0 Å². The van der Waals surface area contributed by atoms with Gasteiger partial charge in [-0.1, -0.05) is 0 Å². The number of anilines is 1. The molecule has 0 N–H and O–H groups in total. The molecule has 4 nitrogen and oxygen atoms in total. The maximum Gasteiger partial charge on any atom is 0.256 e. The van der Waals surface area contributed by atoms with Crippen molar-refractivity contribution in [2.75, 3.05) is 19.0 Å². The highest BCUT2D eigenvalue weighted by molar-refractivity contribution is 6.00. The molecule has 0 aliphatic carbocycles. The molecule has 1 atom stereocenters. The van der Waals surface area contributed by atoms with Gasteiger partial charge in [-0.25, -0.2) is 0 Å². The van der Waals surface area contributed by atoms with Gasteiger partial charge in [-0.05, 0) is 39.0 Å². The first-order valence-electron chi connectivity index (χ1n) is 6.32. The summed E-state index contributed by atoms with van der Waals surface area (Å²) >= 11 is 0. The Kier molecular flexibility index (Phi) is 3.01. The van der Waals surface area contributed by atoms with Crippen LogP contribution in [0.1, 0.15) is 42.7 Å². The van der Waals surface area contributed by atoms with E-state index in [1.807, 2.05) is 58.0 Å². The van der Waals surface area contributed by atoms with E-state index in [0.717, 1.165) is 11.3 Å². The summed E-state index contributed by atoms with van der Waals surface area (Å²) in [6, 6.07) is 7.44. The Morgan fingerprint density at radius 3 is 2.42 bits per heavy atom. The molecule has 19 heavy (non-hydrogen) atoms. The molecule has 0 aromatic heterocycles. The van der Waals surface area contributed by atoms with Gasteiger partial charge in [0.15, 0.2) is 0 Å². The second-order valence-corrected chi connectivity index (χ2v) is 6.04. The van der Waals surface area contributed by atoms with Crippen molar-refractivity contribution in [1.82, 2.24) is 4.90 Å². The molecule has 1 unspecified atom stereocenters. The zero-order valence-electron chi connectivity index (χ0n) is 12.1. The fourth-order valence-corrected chi connectivity index (χ4v) is 2.45. The second kappa shape index (κ2) is 4.27. The Labute approximate surface area is 114 Å². The van der Waals surface area contributed by atoms with Gasteiger partial charge in [0.25, 0.3) is 5.91 Å². The van der Waals surface area contributed by atoms with Gasteiger partial charge < -0.3 is 9.80 Å². The van der Waals surface area contributed by atoms with Crippen molar-refractivity contribution in [3.8, 4) is 6.07 Å². The average Bonchev–Trinajstić information content (AvgIpc) is 2.61. The molecular weight excluding hydrogens is 238 g/mol. The minimum Gasteiger partial charge on any atom is -0.378 e. The maximum absolute atomic E-state index is 12.5. The first-order valence-corrected chi connectivity index (χ1v) is 6.32. The van der Waals surface area contributed by atoms with E-state index in [1.165, 1.54) is 0 Å². The Balaban J connectivity index is 2.57. The summed E-state index contributed by atoms with van der Waals surface area (Å²) in [6.07, 6.45) is 0. The Hall–Kier alpha value is -2.02. The summed E-state index contributed by atoms with van der Waals surface area (Å²) in [7, 11) is 3.89. The number of hydrogen-bond donors (Lipinski definition) is 0. The Morgan fingerprint density at radius 1 is 1.32 bits per heavy atom. The zero-order valence-corrected chi connectivity index (χ0v) is 12.1. The molecule has 1 heterocycles. The Bertz CT molecular complexity index is 564. The zero-order chi connectivity index (χ0) is 14.4. The average molecular weight is 257 g/mol. The molecule has 1 amide bonds. The molecule has 1 aromatic carbocycles. The van der Waals surface area contributed by atoms with Crippen molar-refractivity contribution in [3.05, 3.63) is 29.3 Å². The summed E-state index contributed by atoms with van der Waals surface area (Å²) in [5, 5.41) is 9.44. The van der Waals surface area contributed by atoms with Gasteiger partial charge >= 0.3 is 0 Å². The van der Waals surface area contributed by atoms with Crippen LogP contribution >= 0.6 is 0 Å². The van der Waals surface area contributed by atoms with Crippen molar-refractivity contribution >= 4 is 11.6 Å². The SMILES string of the molecule is CN(C)c1ccc2c(c1)C(C#N)N(C(C)(C)C)C2=O. The molecular formula is C15H19N3O. The van der Waals surface area contributed by atoms with E-state index in [9.17, 15) is 10.1 Å². The summed E-state index contributed by atoms with van der Waals surface area (Å²) in [5.41, 5.74) is 2.10. The van der Waals surface area contributed by atoms with Crippen molar-refractivity contribution in [2.24, 2.45) is 0 Å². The minimum atomic E-state index is -0.498. The molecule has 0 saturated carbocycles. The van der Waals surface area contributed by atoms with Gasteiger partial charge in [0, 0.05) is 36.4 Å². The normalized spacial score (nSPS) is 18.2. The van der Waals surface area contributed by atoms with Crippen molar-refractivity contribution in [2.45, 2.75) is 32.4 Å². The second-order valence-electron chi connectivity index (χ2n) is 6.04. The standard InChI is InChI=1S/C15H19N3O/c1-15(2,3)18-13(9-16)12-8-10(17(4)5)6-7-11(12)14(18)19/h6-8,13H,1-5H3. The van der Waals surface area contributed by atoms with E-state index in [4.69, 9.17) is 0 Å². The van der Waals surface area contributed by atoms with Crippen LogP contribution in [0.4, 0.5) is 5.69 Å². The van der Waals surface area contributed by atoms with Gasteiger partial charge in [0.05, 0.1) is 6.07 Å². The van der Waals surface area contributed by atoms with Crippen LogP contribution in [0, 0.1) is 11.3 Å². The quantitative estimate of drug-likeness (QED) is 0.777. The van der Waals surface area contributed by atoms with Crippen molar-refractivity contribution in [3.63, 3.8) is 0 Å². The lowest BCUT2D eigenvalue weighted by molar-refractivity contribution is 0.0568. The minimum absolute atomic E-state index is 0.0562. The predicted octanol–water partition coefficient (Wildman–Crippen LogP) is 2.57. The molecule has 1 aliphatic heterocycles. The van der Waals surface area contributed by atoms with E-state index in [0.29, 0.717) is 5.56 Å². The highest BCUT2D eigenvalue weighted by Gasteiger charge is 2.42. The van der Waals surface area contributed by atoms with Gasteiger partial charge in [-0.3, -0.25) is 4.79 Å². The number of carbonyl (C=O) groups excluding carboxylic acids is 1. The van der Waals surface area contributed by atoms with Crippen molar-refractivity contribution < 1.29 is 4.79 Å². The van der Waals surface area contributed by atoms with E-state index in [-0.39, 0.29) is 11.4 Å². The van der Waals surface area contributed by atoms with Crippen LogP contribution in [0.2, 0.25) is 0 Å². The van der Waals surface area contributed by atoms with E-state index in [1.54, 1.807) is 4.90 Å². The van der Waals surface area contributed by atoms with Gasteiger partial charge in [0.2, 0.25) is 0 Å². The number of nitrogens with zero attached hydrogens (tertiary/aromatic N) is 3. The molecule has 4 heteroatoms. The van der Waals surface area contributed by atoms with Crippen LogP contribution in [0.5, 0.6) is 0 Å². The fraction of sp³-hybridized carbons (Fsp3) is 0.467. The van der Waals surface area contributed by atoms with E-state index in [2.05, 4.69) is 6.07 Å². The highest BCUT2D eigenvalue weighted by atomic mass is 16.2. The Morgan fingerprint density at radius 2 is 1.95 bits per heavy atom. The third-order valence-corrected chi connectivity index (χ3v) is 3.40. The summed E-state index contributed by atoms with van der Waals surface area (Å²) in [5.74, 6) is -0.0562. The molecule has 1 aromatic rings. The number of fused-ring (bicyclic) bond motifs is 1. The molecule has 100 valence electrons. The summed E-state index contributed by atoms with van der Waals surface area (Å²) in [6.45, 7) is 5.86. The number of rotatable bonds is 1. The number of hydrogen-bond acceptors (Lipinski definition) is 3. The largest absolute Gasteiger partial charge is 0.378 e. The van der Waals surface area contributed by atoms with Crippen LogP contribution in [-0.2, 0) is 0 Å². The highest BCUT2D eigenvalue weighted by Crippen LogP contribution is 2.39. The number of amides is 1. The number of nitriles is 1. The van der Waals surface area contributed by atoms with Crippen LogP contribution in [0.3, 0.4) is 0 Å². The topological polar surface area (TPSA) is 47.3 Å². The molecule has 0 radical (unpaired) electrons. The van der Waals surface area contributed by atoms with Gasteiger partial charge in [-0.15, -0.1) is 0 Å². The molecule has 0 bridgehead atoms. The third kappa shape index (κ3) is 2.06. The summed E-state index contributed by atoms with van der Waals surface area (Å²) < 4.78 is 0. The number of carbonyl (C=O) groups is 1. The first kappa shape index (κ1) is 13.4. The van der Waals surface area contributed by atoms with E-state index < -0.39 is 6.04 Å². The van der Waals surface area contributed by atoms with Crippen molar-refractivity contribution in [1.29, 1.82) is 5.26 Å². The monoisotopic (exact) mass is 257 g/mol. The van der Waals surface area contributed by atoms with E-state index >= 15 is 0 Å². The molecule has 0 spiro atoms. The molecule has 0 saturated heterocycles. The first-order chi connectivity index (χ1) is 8.77. The lowest BCUT2D eigenvalue weighted by Gasteiger charge is -2.34. The molecule has 1 aliphatic rings. The molecule has 0 fully saturated rings. The van der Waals surface area contributed by atoms with Gasteiger partial charge in [-0.2, -0.15) is 5.26 Å². The fourth-order valence-electron chi connectivity index (χ4n) is 2.45. The number of benzene rings is 1. The third-order valence-electron chi connectivity index (χ3n) is 3.40. The van der Waals surface area contributed by atoms with Gasteiger partial charge in [0.1, 0.15) is 6.04 Å². The lowest BCUT2D eigenvalue weighted by atomic mass is 10.0. The summed E-state index contributed by atoms with van der Waals surface area (Å²) in [4.78, 5) is 16.1. The smallest absolute Gasteiger partial charge is 0.256 e. The maximum atomic E-state index is 12.5.